The minimum Gasteiger partial charge on any atom is -0.343 e. The Balaban J connectivity index is 1.36. The molecule has 0 radical (unpaired) electrons. The summed E-state index contributed by atoms with van der Waals surface area (Å²) in [5.41, 5.74) is 3.04. The molecule has 2 N–H and O–H groups in total. The highest BCUT2D eigenvalue weighted by Gasteiger charge is 2.35. The molecule has 2 aliphatic rings. The van der Waals surface area contributed by atoms with Crippen LogP contribution in [0.25, 0.3) is 5.52 Å². The zero-order valence-electron chi connectivity index (χ0n) is 18.5. The summed E-state index contributed by atoms with van der Waals surface area (Å²) in [5.74, 6) is 1.54. The number of carbonyl (C=O) groups is 1. The summed E-state index contributed by atoms with van der Waals surface area (Å²) < 4.78 is 3.94. The highest BCUT2D eigenvalue weighted by molar-refractivity contribution is 5.83. The van der Waals surface area contributed by atoms with Crippen LogP contribution in [0.5, 0.6) is 0 Å². The molecule has 1 saturated heterocycles. The molecular weight excluding hydrogens is 390 g/mol. The smallest absolute Gasteiger partial charge is 0.239 e. The Kier molecular flexibility index (Phi) is 5.06. The lowest BCUT2D eigenvalue weighted by Crippen LogP contribution is -2.59. The third-order valence-electron chi connectivity index (χ3n) is 6.42. The van der Waals surface area contributed by atoms with E-state index in [4.69, 9.17) is 4.98 Å². The topological polar surface area (TPSA) is 79.5 Å². The van der Waals surface area contributed by atoms with Crippen molar-refractivity contribution in [2.45, 2.75) is 50.7 Å². The van der Waals surface area contributed by atoms with E-state index in [1.807, 2.05) is 45.7 Å². The Labute approximate surface area is 182 Å². The number of amides is 1. The number of hydrogen-bond donors (Lipinski definition) is 2. The Hall–Kier alpha value is -2.71. The van der Waals surface area contributed by atoms with Gasteiger partial charge in [0.05, 0.1) is 23.4 Å². The van der Waals surface area contributed by atoms with E-state index in [9.17, 15) is 4.79 Å². The first-order valence-electron chi connectivity index (χ1n) is 11.1. The summed E-state index contributed by atoms with van der Waals surface area (Å²) >= 11 is 0. The molecule has 31 heavy (non-hydrogen) atoms. The largest absolute Gasteiger partial charge is 0.343 e. The first kappa shape index (κ1) is 20.2. The van der Waals surface area contributed by atoms with E-state index in [0.717, 1.165) is 30.0 Å². The molecule has 4 heterocycles. The minimum absolute atomic E-state index is 0.0242. The predicted molar refractivity (Wildman–Crippen MR) is 119 cm³/mol. The Morgan fingerprint density at radius 2 is 2.16 bits per heavy atom. The van der Waals surface area contributed by atoms with Gasteiger partial charge in [-0.2, -0.15) is 5.10 Å². The van der Waals surface area contributed by atoms with Gasteiger partial charge in [-0.25, -0.2) is 4.98 Å². The van der Waals surface area contributed by atoms with Gasteiger partial charge in [0.1, 0.15) is 11.9 Å². The lowest BCUT2D eigenvalue weighted by molar-refractivity contribution is -0.129. The summed E-state index contributed by atoms with van der Waals surface area (Å²) in [5, 5.41) is 10.9. The summed E-state index contributed by atoms with van der Waals surface area (Å²) in [6.07, 6.45) is 10.4. The molecule has 1 aliphatic heterocycles. The van der Waals surface area contributed by atoms with Crippen LogP contribution in [-0.2, 0) is 23.9 Å². The molecule has 1 amide bonds. The highest BCUT2D eigenvalue weighted by atomic mass is 16.2. The maximum atomic E-state index is 13.4. The van der Waals surface area contributed by atoms with Crippen molar-refractivity contribution >= 4 is 11.4 Å². The monoisotopic (exact) mass is 421 g/mol. The molecule has 1 saturated carbocycles. The lowest BCUT2D eigenvalue weighted by Gasteiger charge is -2.37. The second-order valence-electron chi connectivity index (χ2n) is 9.40. The number of piperazine rings is 1. The van der Waals surface area contributed by atoms with Crippen molar-refractivity contribution in [2.24, 2.45) is 7.05 Å². The zero-order chi connectivity index (χ0) is 21.6. The van der Waals surface area contributed by atoms with Crippen LogP contribution >= 0.6 is 0 Å². The van der Waals surface area contributed by atoms with Crippen LogP contribution < -0.4 is 10.6 Å². The summed E-state index contributed by atoms with van der Waals surface area (Å²) in [6, 6.07) is 4.06. The number of hydrogen-bond acceptors (Lipinski definition) is 5. The van der Waals surface area contributed by atoms with E-state index in [1.165, 1.54) is 18.4 Å². The van der Waals surface area contributed by atoms with Gasteiger partial charge in [0.25, 0.3) is 0 Å². The average molecular weight is 422 g/mol. The second-order valence-corrected chi connectivity index (χ2v) is 9.40. The molecule has 5 rings (SSSR count). The minimum atomic E-state index is -0.594. The van der Waals surface area contributed by atoms with Crippen molar-refractivity contribution in [1.82, 2.24) is 34.7 Å². The van der Waals surface area contributed by atoms with Crippen LogP contribution in [0.3, 0.4) is 0 Å². The van der Waals surface area contributed by atoms with Crippen LogP contribution in [0.15, 0.2) is 36.9 Å². The van der Waals surface area contributed by atoms with Gasteiger partial charge in [-0.15, -0.1) is 0 Å². The van der Waals surface area contributed by atoms with Crippen LogP contribution in [0, 0.1) is 0 Å². The fourth-order valence-corrected chi connectivity index (χ4v) is 4.67. The maximum Gasteiger partial charge on any atom is 0.239 e. The van der Waals surface area contributed by atoms with E-state index in [0.29, 0.717) is 19.0 Å². The molecule has 0 bridgehead atoms. The van der Waals surface area contributed by atoms with Crippen LogP contribution in [-0.4, -0.2) is 55.6 Å². The maximum absolute atomic E-state index is 13.4. The standard InChI is InChI=1S/C23H31N7O/c1-23(2,22-25-13-19-18(17-6-7-17)5-4-9-30(19)22)27-21(31)20-12-24-8-10-29(20)15-16-11-26-28(3)14-16/h4-5,9,11,13-14,17,20,24H,6-8,10,12,15H2,1-3H3,(H,27,31)/t20-/m0/s1. The fraction of sp³-hybridized carbons (Fsp3) is 0.522. The Bertz CT molecular complexity index is 1090. The molecule has 164 valence electrons. The molecule has 3 aromatic rings. The molecular formula is C23H31N7O. The second kappa shape index (κ2) is 7.76. The van der Waals surface area contributed by atoms with Gasteiger partial charge in [-0.1, -0.05) is 6.07 Å². The van der Waals surface area contributed by atoms with Gasteiger partial charge in [0.2, 0.25) is 5.91 Å². The fourth-order valence-electron chi connectivity index (χ4n) is 4.67. The summed E-state index contributed by atoms with van der Waals surface area (Å²) in [4.78, 5) is 20.3. The van der Waals surface area contributed by atoms with Crippen molar-refractivity contribution in [3.05, 3.63) is 53.9 Å². The highest BCUT2D eigenvalue weighted by Crippen LogP contribution is 2.42. The Morgan fingerprint density at radius 3 is 2.90 bits per heavy atom. The van der Waals surface area contributed by atoms with Gasteiger partial charge in [-0.05, 0) is 44.2 Å². The van der Waals surface area contributed by atoms with Gasteiger partial charge < -0.3 is 15.0 Å². The number of fused-ring (bicyclic) bond motifs is 1. The van der Waals surface area contributed by atoms with Crippen LogP contribution in [0.4, 0.5) is 0 Å². The number of imidazole rings is 1. The number of rotatable bonds is 6. The molecule has 8 nitrogen and oxygen atoms in total. The third-order valence-corrected chi connectivity index (χ3v) is 6.42. The van der Waals surface area contributed by atoms with Crippen LogP contribution in [0.2, 0.25) is 0 Å². The Morgan fingerprint density at radius 1 is 1.32 bits per heavy atom. The molecule has 1 atom stereocenters. The molecule has 1 aliphatic carbocycles. The van der Waals surface area contributed by atoms with Gasteiger partial charge in [-0.3, -0.25) is 14.4 Å². The molecule has 0 aromatic carbocycles. The van der Waals surface area contributed by atoms with Crippen molar-refractivity contribution in [1.29, 1.82) is 0 Å². The normalized spacial score (nSPS) is 20.3. The zero-order valence-corrected chi connectivity index (χ0v) is 18.5. The number of carbonyl (C=O) groups excluding carboxylic acids is 1. The number of nitrogens with zero attached hydrogens (tertiary/aromatic N) is 5. The number of pyridine rings is 1. The van der Waals surface area contributed by atoms with E-state index < -0.39 is 5.54 Å². The van der Waals surface area contributed by atoms with Crippen molar-refractivity contribution in [2.75, 3.05) is 19.6 Å². The first-order chi connectivity index (χ1) is 14.9. The van der Waals surface area contributed by atoms with Crippen molar-refractivity contribution in [3.8, 4) is 0 Å². The molecule has 0 spiro atoms. The molecule has 2 fully saturated rings. The number of aryl methyl sites for hydroxylation is 1. The lowest BCUT2D eigenvalue weighted by atomic mass is 10.0. The van der Waals surface area contributed by atoms with Gasteiger partial charge >= 0.3 is 0 Å². The van der Waals surface area contributed by atoms with E-state index in [1.54, 1.807) is 4.68 Å². The van der Waals surface area contributed by atoms with E-state index in [2.05, 4.69) is 37.2 Å². The average Bonchev–Trinajstić information content (AvgIpc) is 3.35. The summed E-state index contributed by atoms with van der Waals surface area (Å²) in [6.45, 7) is 7.12. The van der Waals surface area contributed by atoms with E-state index >= 15 is 0 Å². The van der Waals surface area contributed by atoms with Crippen LogP contribution in [0.1, 0.15) is 49.6 Å². The summed E-state index contributed by atoms with van der Waals surface area (Å²) in [7, 11) is 1.91. The molecule has 3 aromatic heterocycles. The molecule has 0 unspecified atom stereocenters. The van der Waals surface area contributed by atoms with Gasteiger partial charge in [0.15, 0.2) is 0 Å². The van der Waals surface area contributed by atoms with Crippen molar-refractivity contribution in [3.63, 3.8) is 0 Å². The van der Waals surface area contributed by atoms with Gasteiger partial charge in [0, 0.05) is 51.2 Å². The molecule has 8 heteroatoms. The SMILES string of the molecule is Cn1cc(CN2CCNC[C@H]2C(=O)NC(C)(C)c2ncc3c(C4CC4)cccn23)cn1. The third kappa shape index (κ3) is 3.97. The predicted octanol–water partition coefficient (Wildman–Crippen LogP) is 1.77. The number of nitrogens with one attached hydrogen (secondary N) is 2. The van der Waals surface area contributed by atoms with Crippen molar-refractivity contribution < 1.29 is 4.79 Å². The van der Waals surface area contributed by atoms with E-state index in [-0.39, 0.29) is 11.9 Å². The number of aromatic nitrogens is 4. The quantitative estimate of drug-likeness (QED) is 0.634. The first-order valence-corrected chi connectivity index (χ1v) is 11.1.